The number of carbonyl (C=O) groups excluding carboxylic acids is 1. The molecule has 0 radical (unpaired) electrons. The SMILES string of the molecule is CCCCCCCCCOC(=O)CCCCCCCN(CCCCCCCC(CCCCCCCC)CCCCCCCC)CCCN=C(NC#N)N(C)C. The molecule has 0 aromatic heterocycles. The fourth-order valence-corrected chi connectivity index (χ4v) is 7.77. The number of hydrogen-bond acceptors (Lipinski definition) is 5. The van der Waals surface area contributed by atoms with Crippen molar-refractivity contribution in [2.24, 2.45) is 10.9 Å². The molecule has 0 fully saturated rings. The van der Waals surface area contributed by atoms with Crippen LogP contribution in [-0.2, 0) is 9.53 Å². The normalized spacial score (nSPS) is 11.8. The van der Waals surface area contributed by atoms with E-state index in [-0.39, 0.29) is 5.97 Å². The molecule has 0 aromatic rings. The summed E-state index contributed by atoms with van der Waals surface area (Å²) in [7, 11) is 3.84. The minimum absolute atomic E-state index is 0.0108. The van der Waals surface area contributed by atoms with Crippen molar-refractivity contribution in [3.63, 3.8) is 0 Å². The van der Waals surface area contributed by atoms with Gasteiger partial charge in [0.2, 0.25) is 5.96 Å². The molecule has 0 spiro atoms. The zero-order chi connectivity index (χ0) is 40.3. The molecule has 0 saturated heterocycles. The van der Waals surface area contributed by atoms with Crippen LogP contribution in [0.2, 0.25) is 0 Å². The van der Waals surface area contributed by atoms with Crippen LogP contribution < -0.4 is 5.32 Å². The van der Waals surface area contributed by atoms with Crippen molar-refractivity contribution in [2.75, 3.05) is 46.9 Å². The molecule has 0 rings (SSSR count). The van der Waals surface area contributed by atoms with Crippen molar-refractivity contribution < 1.29 is 9.53 Å². The first-order chi connectivity index (χ1) is 27.0. The lowest BCUT2D eigenvalue weighted by atomic mass is 9.89. The molecule has 0 unspecified atom stereocenters. The van der Waals surface area contributed by atoms with Crippen molar-refractivity contribution in [1.29, 1.82) is 5.26 Å². The monoisotopic (exact) mass is 774 g/mol. The average molecular weight is 774 g/mol. The van der Waals surface area contributed by atoms with Crippen LogP contribution in [0, 0.1) is 17.4 Å². The Balaban J connectivity index is 4.48. The number of ether oxygens (including phenoxy) is 1. The Labute approximate surface area is 344 Å². The van der Waals surface area contributed by atoms with E-state index in [0.29, 0.717) is 19.0 Å². The van der Waals surface area contributed by atoms with Crippen LogP contribution in [0.4, 0.5) is 0 Å². The third-order valence-corrected chi connectivity index (χ3v) is 11.4. The van der Waals surface area contributed by atoms with Crippen LogP contribution in [0.1, 0.15) is 239 Å². The van der Waals surface area contributed by atoms with Crippen molar-refractivity contribution in [2.45, 2.75) is 239 Å². The Hall–Kier alpha value is -1.81. The summed E-state index contributed by atoms with van der Waals surface area (Å²) >= 11 is 0. The van der Waals surface area contributed by atoms with Crippen molar-refractivity contribution in [3.05, 3.63) is 0 Å². The smallest absolute Gasteiger partial charge is 0.305 e. The van der Waals surface area contributed by atoms with Crippen LogP contribution in [-0.4, -0.2) is 68.6 Å². The third kappa shape index (κ3) is 38.8. The molecule has 0 aromatic carbocycles. The van der Waals surface area contributed by atoms with Gasteiger partial charge in [-0.05, 0) is 57.7 Å². The Morgan fingerprint density at radius 2 is 0.964 bits per heavy atom. The molecule has 0 heterocycles. The number of nitriles is 1. The van der Waals surface area contributed by atoms with Gasteiger partial charge in [-0.1, -0.05) is 201 Å². The maximum absolute atomic E-state index is 12.1. The summed E-state index contributed by atoms with van der Waals surface area (Å²) in [6.07, 6.45) is 46.2. The number of rotatable bonds is 42. The quantitative estimate of drug-likeness (QED) is 0.0166. The molecule has 55 heavy (non-hydrogen) atoms. The second-order valence-corrected chi connectivity index (χ2v) is 16.9. The summed E-state index contributed by atoms with van der Waals surface area (Å²) in [6, 6.07) is 0. The highest BCUT2D eigenvalue weighted by Gasteiger charge is 2.10. The van der Waals surface area contributed by atoms with E-state index in [1.165, 1.54) is 193 Å². The van der Waals surface area contributed by atoms with E-state index in [0.717, 1.165) is 51.2 Å². The lowest BCUT2D eigenvalue weighted by Crippen LogP contribution is -2.34. The van der Waals surface area contributed by atoms with Gasteiger partial charge >= 0.3 is 5.97 Å². The molecule has 7 heteroatoms. The summed E-state index contributed by atoms with van der Waals surface area (Å²) in [5.74, 6) is 1.58. The predicted molar refractivity (Wildman–Crippen MR) is 240 cm³/mol. The number of guanidine groups is 1. The first-order valence-corrected chi connectivity index (χ1v) is 24.2. The third-order valence-electron chi connectivity index (χ3n) is 11.4. The summed E-state index contributed by atoms with van der Waals surface area (Å²) in [5.41, 5.74) is 0. The van der Waals surface area contributed by atoms with Gasteiger partial charge in [0.1, 0.15) is 0 Å². The van der Waals surface area contributed by atoms with Crippen LogP contribution in [0.15, 0.2) is 4.99 Å². The summed E-state index contributed by atoms with van der Waals surface area (Å²) in [4.78, 5) is 21.3. The molecule has 0 bridgehead atoms. The van der Waals surface area contributed by atoms with E-state index in [4.69, 9.17) is 10.00 Å². The Kier molecular flexibility index (Phi) is 41.9. The minimum atomic E-state index is -0.0108. The number of aliphatic imine (C=N–C) groups is 1. The molecule has 7 nitrogen and oxygen atoms in total. The number of nitrogens with zero attached hydrogens (tertiary/aromatic N) is 4. The Morgan fingerprint density at radius 1 is 0.564 bits per heavy atom. The number of hydrogen-bond donors (Lipinski definition) is 1. The van der Waals surface area contributed by atoms with Gasteiger partial charge in [0.25, 0.3) is 0 Å². The molecule has 0 aliphatic rings. The van der Waals surface area contributed by atoms with Crippen LogP contribution in [0.3, 0.4) is 0 Å². The first-order valence-electron chi connectivity index (χ1n) is 24.2. The highest BCUT2D eigenvalue weighted by Crippen LogP contribution is 2.25. The molecule has 0 aliphatic heterocycles. The van der Waals surface area contributed by atoms with E-state index in [2.05, 4.69) is 36.0 Å². The Morgan fingerprint density at radius 3 is 1.42 bits per heavy atom. The van der Waals surface area contributed by atoms with E-state index < -0.39 is 0 Å². The summed E-state index contributed by atoms with van der Waals surface area (Å²) < 4.78 is 5.47. The molecule has 0 saturated carbocycles. The zero-order valence-corrected chi connectivity index (χ0v) is 37.8. The van der Waals surface area contributed by atoms with Gasteiger partial charge in [0.05, 0.1) is 6.61 Å². The fourth-order valence-electron chi connectivity index (χ4n) is 7.77. The molecular weight excluding hydrogens is 679 g/mol. The average Bonchev–Trinajstić information content (AvgIpc) is 3.18. The fraction of sp³-hybridized carbons (Fsp3) is 0.938. The maximum Gasteiger partial charge on any atom is 0.305 e. The number of unbranched alkanes of at least 4 members (excludes halogenated alkanes) is 24. The van der Waals surface area contributed by atoms with Crippen LogP contribution >= 0.6 is 0 Å². The first kappa shape index (κ1) is 53.2. The van der Waals surface area contributed by atoms with Gasteiger partial charge in [-0.3, -0.25) is 15.1 Å². The molecule has 1 N–H and O–H groups in total. The van der Waals surface area contributed by atoms with E-state index >= 15 is 0 Å². The zero-order valence-electron chi connectivity index (χ0n) is 37.8. The van der Waals surface area contributed by atoms with Crippen molar-refractivity contribution in [1.82, 2.24) is 15.1 Å². The second kappa shape index (κ2) is 43.3. The second-order valence-electron chi connectivity index (χ2n) is 16.9. The maximum atomic E-state index is 12.1. The molecule has 0 aliphatic carbocycles. The lowest BCUT2D eigenvalue weighted by Gasteiger charge is -2.22. The van der Waals surface area contributed by atoms with Crippen LogP contribution in [0.5, 0.6) is 0 Å². The summed E-state index contributed by atoms with van der Waals surface area (Å²) in [5, 5.41) is 11.7. The standard InChI is InChI=1S/C48H95N5O2/c1-6-9-12-15-18-27-34-44-55-47(54)39-31-24-20-26-33-42-53(43-35-40-50-48(51-45-49)52(4)5)41-32-25-19-23-30-38-46(36-28-21-16-13-10-7-2)37-29-22-17-14-11-8-3/h46H,6-44H2,1-5H3,(H,50,51). The van der Waals surface area contributed by atoms with Gasteiger partial charge in [-0.25, -0.2) is 0 Å². The van der Waals surface area contributed by atoms with E-state index in [1.54, 1.807) is 0 Å². The highest BCUT2D eigenvalue weighted by atomic mass is 16.5. The van der Waals surface area contributed by atoms with Gasteiger partial charge < -0.3 is 14.5 Å². The topological polar surface area (TPSA) is 81.0 Å². The Bertz CT molecular complexity index is 857. The number of nitrogens with one attached hydrogen (secondary N) is 1. The minimum Gasteiger partial charge on any atom is -0.466 e. The van der Waals surface area contributed by atoms with Crippen molar-refractivity contribution >= 4 is 11.9 Å². The number of esters is 1. The molecule has 0 amide bonds. The molecular formula is C48H95N5O2. The molecule has 0 atom stereocenters. The van der Waals surface area contributed by atoms with E-state index in [9.17, 15) is 4.79 Å². The largest absolute Gasteiger partial charge is 0.466 e. The van der Waals surface area contributed by atoms with Crippen molar-refractivity contribution in [3.8, 4) is 6.19 Å². The molecule has 324 valence electrons. The summed E-state index contributed by atoms with van der Waals surface area (Å²) in [6.45, 7) is 11.6. The van der Waals surface area contributed by atoms with E-state index in [1.807, 2.05) is 25.2 Å². The van der Waals surface area contributed by atoms with Gasteiger partial charge in [-0.15, -0.1) is 0 Å². The number of carbonyl (C=O) groups is 1. The lowest BCUT2D eigenvalue weighted by molar-refractivity contribution is -0.143. The van der Waals surface area contributed by atoms with Crippen LogP contribution in [0.25, 0.3) is 0 Å². The highest BCUT2D eigenvalue weighted by molar-refractivity contribution is 5.80. The van der Waals surface area contributed by atoms with Gasteiger partial charge in [0.15, 0.2) is 6.19 Å². The predicted octanol–water partition coefficient (Wildman–Crippen LogP) is 13.8. The van der Waals surface area contributed by atoms with Gasteiger partial charge in [0, 0.05) is 27.1 Å². The van der Waals surface area contributed by atoms with Gasteiger partial charge in [-0.2, -0.15) is 5.26 Å².